The Morgan fingerprint density at radius 2 is 1.93 bits per heavy atom. The standard InChI is InChI=1S/C23H26N4O2S/c1-17-16-26(11-12-27(17)22(28)15-18-7-4-3-5-8-18)23-24-21(25-30-23)14-19-9-6-10-20(13-19)29-2/h3-10,13,17H,11-12,14-16H2,1-2H3/t17-/m0/s1. The number of rotatable bonds is 6. The molecule has 1 aliphatic rings. The number of ether oxygens (including phenoxy) is 1. The minimum atomic E-state index is 0.140. The van der Waals surface area contributed by atoms with Crippen LogP contribution in [0.2, 0.25) is 0 Å². The van der Waals surface area contributed by atoms with Crippen LogP contribution in [-0.2, 0) is 17.6 Å². The SMILES string of the molecule is COc1cccc(Cc2nsc(N3CCN(C(=O)Cc4ccccc4)[C@@H](C)C3)n2)c1. The van der Waals surface area contributed by atoms with Gasteiger partial charge in [0, 0.05) is 43.6 Å². The molecule has 0 bridgehead atoms. The van der Waals surface area contributed by atoms with Gasteiger partial charge >= 0.3 is 0 Å². The Labute approximate surface area is 181 Å². The summed E-state index contributed by atoms with van der Waals surface area (Å²) in [6, 6.07) is 18.1. The zero-order valence-electron chi connectivity index (χ0n) is 17.3. The van der Waals surface area contributed by atoms with Crippen LogP contribution in [0.3, 0.4) is 0 Å². The molecule has 1 amide bonds. The number of methoxy groups -OCH3 is 1. The molecule has 1 aliphatic heterocycles. The summed E-state index contributed by atoms with van der Waals surface area (Å²) in [6.45, 7) is 4.36. The van der Waals surface area contributed by atoms with Crippen LogP contribution in [0.4, 0.5) is 5.13 Å². The zero-order valence-corrected chi connectivity index (χ0v) is 18.1. The van der Waals surface area contributed by atoms with Crippen LogP contribution in [0.5, 0.6) is 5.75 Å². The summed E-state index contributed by atoms with van der Waals surface area (Å²) in [4.78, 5) is 21.7. The molecule has 1 fully saturated rings. The second-order valence-corrected chi connectivity index (χ2v) is 8.30. The van der Waals surface area contributed by atoms with E-state index in [1.54, 1.807) is 7.11 Å². The molecule has 1 aromatic heterocycles. The third-order valence-electron chi connectivity index (χ3n) is 5.37. The van der Waals surface area contributed by atoms with Crippen LogP contribution >= 0.6 is 11.5 Å². The fourth-order valence-corrected chi connectivity index (χ4v) is 4.50. The first-order valence-corrected chi connectivity index (χ1v) is 10.9. The summed E-state index contributed by atoms with van der Waals surface area (Å²) >= 11 is 1.43. The summed E-state index contributed by atoms with van der Waals surface area (Å²) in [7, 11) is 1.67. The van der Waals surface area contributed by atoms with Crippen molar-refractivity contribution in [2.75, 3.05) is 31.6 Å². The zero-order chi connectivity index (χ0) is 20.9. The van der Waals surface area contributed by atoms with Crippen molar-refractivity contribution in [3.63, 3.8) is 0 Å². The van der Waals surface area contributed by atoms with E-state index in [9.17, 15) is 4.79 Å². The van der Waals surface area contributed by atoms with Gasteiger partial charge in [-0.1, -0.05) is 42.5 Å². The summed E-state index contributed by atoms with van der Waals surface area (Å²) in [5.74, 6) is 1.84. The lowest BCUT2D eigenvalue weighted by Crippen LogP contribution is -2.54. The molecule has 6 nitrogen and oxygen atoms in total. The van der Waals surface area contributed by atoms with E-state index in [0.717, 1.165) is 40.9 Å². The predicted molar refractivity (Wildman–Crippen MR) is 119 cm³/mol. The lowest BCUT2D eigenvalue weighted by atomic mass is 10.1. The summed E-state index contributed by atoms with van der Waals surface area (Å²) in [6.07, 6.45) is 1.13. The average molecular weight is 423 g/mol. The minimum Gasteiger partial charge on any atom is -0.497 e. The first-order chi connectivity index (χ1) is 14.6. The third kappa shape index (κ3) is 4.79. The van der Waals surface area contributed by atoms with E-state index in [2.05, 4.69) is 22.3 Å². The maximum atomic E-state index is 12.8. The second kappa shape index (κ2) is 9.26. The lowest BCUT2D eigenvalue weighted by Gasteiger charge is -2.39. The number of benzene rings is 2. The normalized spacial score (nSPS) is 16.5. The fourth-order valence-electron chi connectivity index (χ4n) is 3.78. The van der Waals surface area contributed by atoms with E-state index in [-0.39, 0.29) is 11.9 Å². The number of anilines is 1. The number of nitrogens with zero attached hydrogens (tertiary/aromatic N) is 4. The highest BCUT2D eigenvalue weighted by Gasteiger charge is 2.28. The third-order valence-corrected chi connectivity index (χ3v) is 6.19. The number of aromatic nitrogens is 2. The molecule has 0 N–H and O–H groups in total. The molecule has 2 aromatic carbocycles. The van der Waals surface area contributed by atoms with Crippen molar-refractivity contribution in [3.05, 3.63) is 71.5 Å². The Balaban J connectivity index is 1.36. The van der Waals surface area contributed by atoms with Gasteiger partial charge in [-0.25, -0.2) is 4.98 Å². The van der Waals surface area contributed by atoms with E-state index < -0.39 is 0 Å². The quantitative estimate of drug-likeness (QED) is 0.609. The van der Waals surface area contributed by atoms with E-state index in [1.165, 1.54) is 11.5 Å². The van der Waals surface area contributed by atoms with Crippen molar-refractivity contribution in [1.82, 2.24) is 14.3 Å². The van der Waals surface area contributed by atoms with Crippen LogP contribution in [0.1, 0.15) is 23.9 Å². The summed E-state index contributed by atoms with van der Waals surface area (Å²) < 4.78 is 9.84. The predicted octanol–water partition coefficient (Wildman–Crippen LogP) is 3.42. The molecule has 2 heterocycles. The highest BCUT2D eigenvalue weighted by atomic mass is 32.1. The number of amides is 1. The van der Waals surface area contributed by atoms with Crippen molar-refractivity contribution in [3.8, 4) is 5.75 Å². The monoisotopic (exact) mass is 422 g/mol. The van der Waals surface area contributed by atoms with E-state index in [1.807, 2.05) is 53.4 Å². The van der Waals surface area contributed by atoms with Crippen molar-refractivity contribution >= 4 is 22.6 Å². The minimum absolute atomic E-state index is 0.140. The fraction of sp³-hybridized carbons (Fsp3) is 0.348. The number of hydrogen-bond acceptors (Lipinski definition) is 6. The van der Waals surface area contributed by atoms with Gasteiger partial charge < -0.3 is 14.5 Å². The number of hydrogen-bond donors (Lipinski definition) is 0. The molecule has 1 atom stereocenters. The molecule has 0 unspecified atom stereocenters. The summed E-state index contributed by atoms with van der Waals surface area (Å²) in [5, 5.41) is 0.926. The highest BCUT2D eigenvalue weighted by molar-refractivity contribution is 7.09. The van der Waals surface area contributed by atoms with Crippen LogP contribution in [0.25, 0.3) is 0 Å². The first-order valence-electron chi connectivity index (χ1n) is 10.2. The number of carbonyl (C=O) groups is 1. The molecule has 3 aromatic rings. The Hall–Kier alpha value is -2.93. The maximum Gasteiger partial charge on any atom is 0.227 e. The van der Waals surface area contributed by atoms with Crippen molar-refractivity contribution in [2.45, 2.75) is 25.8 Å². The molecular weight excluding hydrogens is 396 g/mol. The Bertz CT molecular complexity index is 992. The molecule has 30 heavy (non-hydrogen) atoms. The highest BCUT2D eigenvalue weighted by Crippen LogP contribution is 2.23. The molecule has 0 aliphatic carbocycles. The van der Waals surface area contributed by atoms with Gasteiger partial charge in [-0.3, -0.25) is 4.79 Å². The van der Waals surface area contributed by atoms with Gasteiger partial charge in [0.25, 0.3) is 0 Å². The van der Waals surface area contributed by atoms with Crippen molar-refractivity contribution in [2.24, 2.45) is 0 Å². The number of carbonyl (C=O) groups excluding carboxylic acids is 1. The van der Waals surface area contributed by atoms with Gasteiger partial charge in [0.15, 0.2) is 0 Å². The number of piperazine rings is 1. The van der Waals surface area contributed by atoms with Crippen LogP contribution < -0.4 is 9.64 Å². The Morgan fingerprint density at radius 1 is 1.13 bits per heavy atom. The Morgan fingerprint density at radius 3 is 2.70 bits per heavy atom. The van der Waals surface area contributed by atoms with E-state index >= 15 is 0 Å². The second-order valence-electron chi connectivity index (χ2n) is 7.57. The smallest absolute Gasteiger partial charge is 0.227 e. The molecule has 156 valence electrons. The van der Waals surface area contributed by atoms with Gasteiger partial charge in [-0.2, -0.15) is 4.37 Å². The molecule has 1 saturated heterocycles. The van der Waals surface area contributed by atoms with Gasteiger partial charge in [0.05, 0.1) is 13.5 Å². The summed E-state index contributed by atoms with van der Waals surface area (Å²) in [5.41, 5.74) is 2.19. The van der Waals surface area contributed by atoms with Gasteiger partial charge in [-0.05, 0) is 30.2 Å². The molecular formula is C23H26N4O2S. The molecule has 0 saturated carbocycles. The van der Waals surface area contributed by atoms with Crippen LogP contribution in [0.15, 0.2) is 54.6 Å². The van der Waals surface area contributed by atoms with E-state index in [4.69, 9.17) is 9.72 Å². The van der Waals surface area contributed by atoms with Crippen LogP contribution in [-0.4, -0.2) is 53.0 Å². The average Bonchev–Trinajstić information content (AvgIpc) is 3.23. The molecule has 0 spiro atoms. The van der Waals surface area contributed by atoms with Crippen molar-refractivity contribution < 1.29 is 9.53 Å². The van der Waals surface area contributed by atoms with Crippen LogP contribution in [0, 0.1) is 0 Å². The van der Waals surface area contributed by atoms with E-state index in [0.29, 0.717) is 19.4 Å². The largest absolute Gasteiger partial charge is 0.497 e. The van der Waals surface area contributed by atoms with Gasteiger partial charge in [-0.15, -0.1) is 0 Å². The van der Waals surface area contributed by atoms with Crippen molar-refractivity contribution in [1.29, 1.82) is 0 Å². The molecule has 0 radical (unpaired) electrons. The maximum absolute atomic E-state index is 12.8. The topological polar surface area (TPSA) is 58.6 Å². The van der Waals surface area contributed by atoms with Gasteiger partial charge in [0.1, 0.15) is 11.6 Å². The molecule has 4 rings (SSSR count). The van der Waals surface area contributed by atoms with Gasteiger partial charge in [0.2, 0.25) is 11.0 Å². The first kappa shape index (κ1) is 20.3. The Kier molecular flexibility index (Phi) is 6.28. The molecule has 7 heteroatoms. The lowest BCUT2D eigenvalue weighted by molar-refractivity contribution is -0.132.